The van der Waals surface area contributed by atoms with Gasteiger partial charge in [-0.3, -0.25) is 4.90 Å². The number of hydrogen-bond acceptors (Lipinski definition) is 5. The van der Waals surface area contributed by atoms with Crippen LogP contribution in [-0.2, 0) is 13.0 Å². The summed E-state index contributed by atoms with van der Waals surface area (Å²) in [5.74, 6) is 0. The first-order chi connectivity index (χ1) is 7.13. The fourth-order valence-corrected chi connectivity index (χ4v) is 2.72. The summed E-state index contributed by atoms with van der Waals surface area (Å²) < 4.78 is 0. The molecule has 1 aliphatic heterocycles. The first-order valence-electron chi connectivity index (χ1n) is 5.09. The van der Waals surface area contributed by atoms with Crippen LogP contribution in [0.15, 0.2) is 10.7 Å². The summed E-state index contributed by atoms with van der Waals surface area (Å²) in [7, 11) is 0. The summed E-state index contributed by atoms with van der Waals surface area (Å²) >= 11 is 1.70. The number of nitroso groups, excluding NO2 is 1. The highest BCUT2D eigenvalue weighted by Crippen LogP contribution is 2.27. The van der Waals surface area contributed by atoms with Crippen LogP contribution in [-0.4, -0.2) is 28.5 Å². The molecule has 0 aromatic carbocycles. The topological polar surface area (TPSA) is 45.6 Å². The van der Waals surface area contributed by atoms with Gasteiger partial charge in [0.05, 0.1) is 17.7 Å². The molecular formula is C10H15N3OS. The van der Waals surface area contributed by atoms with Crippen molar-refractivity contribution in [3.8, 4) is 0 Å². The Kier molecular flexibility index (Phi) is 2.84. The van der Waals surface area contributed by atoms with Gasteiger partial charge in [-0.1, -0.05) is 5.18 Å². The lowest BCUT2D eigenvalue weighted by Crippen LogP contribution is -2.48. The van der Waals surface area contributed by atoms with Crippen LogP contribution in [0.3, 0.4) is 0 Å². The van der Waals surface area contributed by atoms with Crippen molar-refractivity contribution in [1.82, 2.24) is 9.88 Å². The molecule has 0 radical (unpaired) electrons. The van der Waals surface area contributed by atoms with E-state index in [1.807, 2.05) is 5.51 Å². The fourth-order valence-electron chi connectivity index (χ4n) is 1.89. The SMILES string of the molecule is CC(C)(CN=O)N1CCc2ncsc2C1. The van der Waals surface area contributed by atoms with E-state index in [9.17, 15) is 4.91 Å². The predicted molar refractivity (Wildman–Crippen MR) is 61.0 cm³/mol. The van der Waals surface area contributed by atoms with Crippen molar-refractivity contribution in [1.29, 1.82) is 0 Å². The molecule has 0 saturated heterocycles. The zero-order valence-corrected chi connectivity index (χ0v) is 9.88. The fraction of sp³-hybridized carbons (Fsp3) is 0.700. The summed E-state index contributed by atoms with van der Waals surface area (Å²) in [4.78, 5) is 18.3. The first-order valence-corrected chi connectivity index (χ1v) is 5.97. The zero-order chi connectivity index (χ0) is 10.9. The number of thiazole rings is 1. The van der Waals surface area contributed by atoms with Crippen LogP contribution in [0.1, 0.15) is 24.4 Å². The molecule has 4 nitrogen and oxygen atoms in total. The number of hydrogen-bond donors (Lipinski definition) is 0. The van der Waals surface area contributed by atoms with Gasteiger partial charge in [-0.05, 0) is 13.8 Å². The Labute approximate surface area is 93.3 Å². The van der Waals surface area contributed by atoms with E-state index in [-0.39, 0.29) is 5.54 Å². The number of nitrogens with zero attached hydrogens (tertiary/aromatic N) is 3. The van der Waals surface area contributed by atoms with Gasteiger partial charge in [-0.15, -0.1) is 11.3 Å². The van der Waals surface area contributed by atoms with E-state index in [2.05, 4.69) is 28.9 Å². The largest absolute Gasteiger partial charge is 0.291 e. The maximum Gasteiger partial charge on any atom is 0.0989 e. The Balaban J connectivity index is 2.12. The van der Waals surface area contributed by atoms with E-state index >= 15 is 0 Å². The minimum Gasteiger partial charge on any atom is -0.291 e. The Morgan fingerprint density at radius 3 is 3.20 bits per heavy atom. The highest BCUT2D eigenvalue weighted by molar-refractivity contribution is 7.09. The average molecular weight is 225 g/mol. The van der Waals surface area contributed by atoms with Gasteiger partial charge >= 0.3 is 0 Å². The Morgan fingerprint density at radius 2 is 2.47 bits per heavy atom. The molecule has 5 heteroatoms. The van der Waals surface area contributed by atoms with Crippen molar-refractivity contribution < 1.29 is 0 Å². The summed E-state index contributed by atoms with van der Waals surface area (Å²) in [5, 5.41) is 3.02. The Morgan fingerprint density at radius 1 is 1.67 bits per heavy atom. The molecular weight excluding hydrogens is 210 g/mol. The smallest absolute Gasteiger partial charge is 0.0989 e. The lowest BCUT2D eigenvalue weighted by Gasteiger charge is -2.38. The third kappa shape index (κ3) is 2.08. The van der Waals surface area contributed by atoms with Crippen LogP contribution in [0, 0.1) is 4.91 Å². The maximum atomic E-state index is 10.4. The van der Waals surface area contributed by atoms with Crippen LogP contribution >= 0.6 is 11.3 Å². The molecule has 1 aromatic heterocycles. The zero-order valence-electron chi connectivity index (χ0n) is 9.06. The van der Waals surface area contributed by atoms with Crippen molar-refractivity contribution in [2.75, 3.05) is 13.1 Å². The molecule has 0 bridgehead atoms. The number of rotatable bonds is 3. The van der Waals surface area contributed by atoms with Crippen molar-refractivity contribution >= 4 is 11.3 Å². The molecule has 82 valence electrons. The van der Waals surface area contributed by atoms with E-state index in [0.29, 0.717) is 6.54 Å². The molecule has 1 aromatic rings. The second-order valence-electron chi connectivity index (χ2n) is 4.49. The summed E-state index contributed by atoms with van der Waals surface area (Å²) in [6.45, 7) is 6.36. The molecule has 0 fully saturated rings. The quantitative estimate of drug-likeness (QED) is 0.739. The van der Waals surface area contributed by atoms with Crippen LogP contribution in [0.25, 0.3) is 0 Å². The molecule has 2 heterocycles. The summed E-state index contributed by atoms with van der Waals surface area (Å²) in [6.07, 6.45) is 0.987. The summed E-state index contributed by atoms with van der Waals surface area (Å²) in [6, 6.07) is 0. The van der Waals surface area contributed by atoms with Crippen molar-refractivity contribution in [3.05, 3.63) is 21.0 Å². The first kappa shape index (κ1) is 10.7. The van der Waals surface area contributed by atoms with Gasteiger partial charge in [0.1, 0.15) is 0 Å². The van der Waals surface area contributed by atoms with Crippen LogP contribution in [0.4, 0.5) is 0 Å². The molecule has 1 aliphatic rings. The van der Waals surface area contributed by atoms with E-state index in [1.54, 1.807) is 11.3 Å². The minimum atomic E-state index is -0.135. The van der Waals surface area contributed by atoms with Gasteiger partial charge in [0.2, 0.25) is 0 Å². The molecule has 15 heavy (non-hydrogen) atoms. The number of aromatic nitrogens is 1. The van der Waals surface area contributed by atoms with Gasteiger partial charge < -0.3 is 0 Å². The average Bonchev–Trinajstić information content (AvgIpc) is 2.63. The second kappa shape index (κ2) is 3.98. The predicted octanol–water partition coefficient (Wildman–Crippen LogP) is 2.05. The van der Waals surface area contributed by atoms with Crippen LogP contribution < -0.4 is 0 Å². The van der Waals surface area contributed by atoms with E-state index in [1.165, 1.54) is 10.6 Å². The van der Waals surface area contributed by atoms with E-state index < -0.39 is 0 Å². The van der Waals surface area contributed by atoms with Gasteiger partial charge in [-0.25, -0.2) is 4.98 Å². The second-order valence-corrected chi connectivity index (χ2v) is 5.43. The third-order valence-electron chi connectivity index (χ3n) is 2.99. The highest BCUT2D eigenvalue weighted by atomic mass is 32.1. The van der Waals surface area contributed by atoms with Crippen molar-refractivity contribution in [2.24, 2.45) is 5.18 Å². The van der Waals surface area contributed by atoms with Crippen molar-refractivity contribution in [2.45, 2.75) is 32.4 Å². The molecule has 0 saturated carbocycles. The van der Waals surface area contributed by atoms with Gasteiger partial charge in [0.25, 0.3) is 0 Å². The molecule has 0 N–H and O–H groups in total. The lowest BCUT2D eigenvalue weighted by molar-refractivity contribution is 0.112. The molecule has 0 spiro atoms. The third-order valence-corrected chi connectivity index (χ3v) is 3.85. The molecule has 0 atom stereocenters. The van der Waals surface area contributed by atoms with E-state index in [0.717, 1.165) is 19.5 Å². The van der Waals surface area contributed by atoms with Gasteiger partial charge in [0, 0.05) is 29.9 Å². The lowest BCUT2D eigenvalue weighted by atomic mass is 10.00. The molecule has 2 rings (SSSR count). The van der Waals surface area contributed by atoms with Crippen molar-refractivity contribution in [3.63, 3.8) is 0 Å². The van der Waals surface area contributed by atoms with Crippen LogP contribution in [0.2, 0.25) is 0 Å². The Bertz CT molecular complexity index is 361. The number of fused-ring (bicyclic) bond motifs is 1. The maximum absolute atomic E-state index is 10.4. The highest BCUT2D eigenvalue weighted by Gasteiger charge is 2.30. The Hall–Kier alpha value is -0.810. The molecule has 0 aliphatic carbocycles. The van der Waals surface area contributed by atoms with Crippen LogP contribution in [0.5, 0.6) is 0 Å². The standard InChI is InChI=1S/C10H15N3OS/c1-10(2,6-12-14)13-4-3-8-9(5-13)15-7-11-8/h7H,3-6H2,1-2H3. The molecule has 0 unspecified atom stereocenters. The normalized spacial score (nSPS) is 17.5. The minimum absolute atomic E-state index is 0.135. The monoisotopic (exact) mass is 225 g/mol. The summed E-state index contributed by atoms with van der Waals surface area (Å²) in [5.41, 5.74) is 2.99. The van der Waals surface area contributed by atoms with E-state index in [4.69, 9.17) is 0 Å². The van der Waals surface area contributed by atoms with Gasteiger partial charge in [-0.2, -0.15) is 4.91 Å². The van der Waals surface area contributed by atoms with Gasteiger partial charge in [0.15, 0.2) is 0 Å². The molecule has 0 amide bonds.